The summed E-state index contributed by atoms with van der Waals surface area (Å²) < 4.78 is 0. The normalized spacial score (nSPS) is 37.3. The highest BCUT2D eigenvalue weighted by Gasteiger charge is 2.54. The third-order valence-electron chi connectivity index (χ3n) is 6.13. The average molecular weight is 307 g/mol. The fraction of sp³-hybridized carbons (Fsp3) is 0.889. The molecule has 22 heavy (non-hydrogen) atoms. The summed E-state index contributed by atoms with van der Waals surface area (Å²) >= 11 is 0. The summed E-state index contributed by atoms with van der Waals surface area (Å²) in [6.07, 6.45) is 7.68. The van der Waals surface area contributed by atoms with E-state index in [1.165, 1.54) is 19.3 Å². The predicted octanol–water partition coefficient (Wildman–Crippen LogP) is 3.07. The molecule has 4 saturated carbocycles. The van der Waals surface area contributed by atoms with E-state index in [0.29, 0.717) is 12.3 Å². The Hall–Kier alpha value is -1.06. The van der Waals surface area contributed by atoms with Gasteiger partial charge in [-0.3, -0.25) is 9.59 Å². The number of aliphatic carboxylic acids is 1. The zero-order valence-electron chi connectivity index (χ0n) is 13.8. The number of nitrogens with one attached hydrogen (secondary N) is 1. The largest absolute Gasteiger partial charge is 0.481 e. The van der Waals surface area contributed by atoms with Crippen molar-refractivity contribution in [2.24, 2.45) is 35.0 Å². The molecule has 0 radical (unpaired) electrons. The van der Waals surface area contributed by atoms with Gasteiger partial charge in [-0.05, 0) is 68.6 Å². The summed E-state index contributed by atoms with van der Waals surface area (Å²) in [5.41, 5.74) is -0.171. The molecule has 2 N–H and O–H groups in total. The van der Waals surface area contributed by atoms with E-state index in [-0.39, 0.29) is 17.9 Å². The van der Waals surface area contributed by atoms with Crippen molar-refractivity contribution >= 4 is 11.9 Å². The van der Waals surface area contributed by atoms with Crippen LogP contribution in [0.2, 0.25) is 0 Å². The Labute approximate surface area is 133 Å². The van der Waals surface area contributed by atoms with Gasteiger partial charge in [0, 0.05) is 12.0 Å². The number of carboxylic acid groups (broad SMARTS) is 1. The fourth-order valence-corrected chi connectivity index (χ4v) is 5.63. The lowest BCUT2D eigenvalue weighted by molar-refractivity contribution is -0.147. The molecule has 4 heteroatoms. The molecule has 0 aromatic heterocycles. The number of hydrogen-bond acceptors (Lipinski definition) is 2. The Balaban J connectivity index is 1.61. The zero-order valence-corrected chi connectivity index (χ0v) is 13.8. The molecule has 4 rings (SSSR count). The minimum atomic E-state index is -0.792. The maximum absolute atomic E-state index is 12.8. The first kappa shape index (κ1) is 15.8. The summed E-state index contributed by atoms with van der Waals surface area (Å²) in [5, 5.41) is 12.3. The number of amides is 1. The van der Waals surface area contributed by atoms with E-state index < -0.39 is 11.9 Å². The molecule has 0 aliphatic heterocycles. The van der Waals surface area contributed by atoms with Crippen molar-refractivity contribution in [2.45, 2.75) is 58.8 Å². The van der Waals surface area contributed by atoms with Crippen LogP contribution in [0.1, 0.15) is 58.8 Å². The first-order valence-electron chi connectivity index (χ1n) is 8.89. The van der Waals surface area contributed by atoms with Crippen LogP contribution >= 0.6 is 0 Å². The highest BCUT2D eigenvalue weighted by molar-refractivity contribution is 5.83. The van der Waals surface area contributed by atoms with E-state index in [9.17, 15) is 14.7 Å². The first-order valence-corrected chi connectivity index (χ1v) is 8.89. The summed E-state index contributed by atoms with van der Waals surface area (Å²) in [6, 6.07) is 0. The van der Waals surface area contributed by atoms with Gasteiger partial charge in [0.15, 0.2) is 0 Å². The Morgan fingerprint density at radius 2 is 1.59 bits per heavy atom. The van der Waals surface area contributed by atoms with Crippen molar-refractivity contribution < 1.29 is 14.7 Å². The van der Waals surface area contributed by atoms with Gasteiger partial charge in [-0.2, -0.15) is 0 Å². The van der Waals surface area contributed by atoms with Crippen LogP contribution in [0.3, 0.4) is 0 Å². The molecular formula is C18H29NO3. The van der Waals surface area contributed by atoms with Crippen LogP contribution in [-0.2, 0) is 9.59 Å². The van der Waals surface area contributed by atoms with Gasteiger partial charge in [0.25, 0.3) is 0 Å². The molecule has 124 valence electrons. The zero-order chi connectivity index (χ0) is 15.9. The third-order valence-corrected chi connectivity index (χ3v) is 6.13. The quantitative estimate of drug-likeness (QED) is 0.792. The topological polar surface area (TPSA) is 66.4 Å². The van der Waals surface area contributed by atoms with Crippen molar-refractivity contribution in [1.29, 1.82) is 0 Å². The minimum Gasteiger partial charge on any atom is -0.481 e. The molecule has 0 heterocycles. The lowest BCUT2D eigenvalue weighted by atomic mass is 9.49. The Bertz CT molecular complexity index is 422. The van der Waals surface area contributed by atoms with Crippen LogP contribution in [0.5, 0.6) is 0 Å². The van der Waals surface area contributed by atoms with Crippen LogP contribution in [0, 0.1) is 35.0 Å². The van der Waals surface area contributed by atoms with E-state index in [1.807, 2.05) is 13.8 Å². The molecule has 0 aromatic rings. The van der Waals surface area contributed by atoms with Crippen molar-refractivity contribution in [1.82, 2.24) is 5.32 Å². The number of rotatable bonds is 6. The maximum atomic E-state index is 12.8. The summed E-state index contributed by atoms with van der Waals surface area (Å²) in [5.74, 6) is 1.44. The van der Waals surface area contributed by atoms with Crippen molar-refractivity contribution in [2.75, 3.05) is 6.54 Å². The monoisotopic (exact) mass is 307 g/mol. The molecule has 4 fully saturated rings. The molecule has 1 atom stereocenters. The Morgan fingerprint density at radius 3 is 2.00 bits per heavy atom. The van der Waals surface area contributed by atoms with Crippen LogP contribution in [0.15, 0.2) is 0 Å². The average Bonchev–Trinajstić information content (AvgIpc) is 2.40. The molecular weight excluding hydrogens is 278 g/mol. The second-order valence-electron chi connectivity index (χ2n) is 8.57. The highest BCUT2D eigenvalue weighted by atomic mass is 16.4. The van der Waals surface area contributed by atoms with Crippen molar-refractivity contribution in [3.05, 3.63) is 0 Å². The number of carbonyl (C=O) groups is 2. The molecule has 4 bridgehead atoms. The van der Waals surface area contributed by atoms with Crippen LogP contribution in [0.25, 0.3) is 0 Å². The molecule has 0 aromatic carbocycles. The van der Waals surface area contributed by atoms with E-state index in [4.69, 9.17) is 0 Å². The number of carbonyl (C=O) groups excluding carboxylic acids is 1. The Morgan fingerprint density at radius 1 is 1.09 bits per heavy atom. The number of hydrogen-bond donors (Lipinski definition) is 2. The number of carboxylic acids is 1. The predicted molar refractivity (Wildman–Crippen MR) is 84.2 cm³/mol. The van der Waals surface area contributed by atoms with Gasteiger partial charge in [0.2, 0.25) is 5.91 Å². The van der Waals surface area contributed by atoms with Gasteiger partial charge < -0.3 is 10.4 Å². The van der Waals surface area contributed by atoms with Gasteiger partial charge in [0.05, 0.1) is 5.92 Å². The van der Waals surface area contributed by atoms with E-state index in [2.05, 4.69) is 5.32 Å². The third kappa shape index (κ3) is 3.02. The van der Waals surface area contributed by atoms with Crippen LogP contribution in [0.4, 0.5) is 0 Å². The maximum Gasteiger partial charge on any atom is 0.308 e. The lowest BCUT2D eigenvalue weighted by Crippen LogP contribution is -2.54. The van der Waals surface area contributed by atoms with Crippen LogP contribution < -0.4 is 5.32 Å². The molecule has 1 amide bonds. The van der Waals surface area contributed by atoms with Gasteiger partial charge in [0.1, 0.15) is 0 Å². The highest BCUT2D eigenvalue weighted by Crippen LogP contribution is 2.60. The molecule has 4 aliphatic rings. The van der Waals surface area contributed by atoms with E-state index >= 15 is 0 Å². The van der Waals surface area contributed by atoms with E-state index in [1.54, 1.807) is 0 Å². The second kappa shape index (κ2) is 5.86. The van der Waals surface area contributed by atoms with Crippen LogP contribution in [-0.4, -0.2) is 23.5 Å². The Kier molecular flexibility index (Phi) is 4.21. The van der Waals surface area contributed by atoms with E-state index in [0.717, 1.165) is 37.0 Å². The molecule has 4 aliphatic carbocycles. The second-order valence-corrected chi connectivity index (χ2v) is 8.57. The molecule has 4 nitrogen and oxygen atoms in total. The smallest absolute Gasteiger partial charge is 0.308 e. The summed E-state index contributed by atoms with van der Waals surface area (Å²) in [7, 11) is 0. The van der Waals surface area contributed by atoms with Crippen molar-refractivity contribution in [3.8, 4) is 0 Å². The minimum absolute atomic E-state index is 0.140. The van der Waals surface area contributed by atoms with Crippen molar-refractivity contribution in [3.63, 3.8) is 0 Å². The van der Waals surface area contributed by atoms with Gasteiger partial charge in [-0.1, -0.05) is 13.8 Å². The molecule has 0 saturated heterocycles. The van der Waals surface area contributed by atoms with Gasteiger partial charge in [-0.25, -0.2) is 0 Å². The molecule has 1 unspecified atom stereocenters. The van der Waals surface area contributed by atoms with Gasteiger partial charge in [-0.15, -0.1) is 0 Å². The SMILES string of the molecule is CC(C)CC(CNC(=O)C12CC3CC(CC(C3)C1)C2)C(=O)O. The standard InChI is InChI=1S/C18H29NO3/c1-11(2)3-15(16(20)21)10-19-17(22)18-7-12-4-13(8-18)6-14(5-12)9-18/h11-15H,3-10H2,1-2H3,(H,19,22)(H,20,21). The summed E-state index contributed by atoms with van der Waals surface area (Å²) in [4.78, 5) is 24.1. The summed E-state index contributed by atoms with van der Waals surface area (Å²) in [6.45, 7) is 4.34. The molecule has 0 spiro atoms. The van der Waals surface area contributed by atoms with Gasteiger partial charge >= 0.3 is 5.97 Å². The first-order chi connectivity index (χ1) is 10.4. The fourth-order valence-electron chi connectivity index (χ4n) is 5.63. The lowest BCUT2D eigenvalue weighted by Gasteiger charge is -2.55.